The molecule has 5 rings (SSSR count). The molecule has 0 aromatic heterocycles. The summed E-state index contributed by atoms with van der Waals surface area (Å²) in [5, 5.41) is 2.75. The smallest absolute Gasteiger partial charge is 0.119 e. The van der Waals surface area contributed by atoms with Gasteiger partial charge >= 0.3 is 0 Å². The van der Waals surface area contributed by atoms with E-state index in [0.717, 1.165) is 63.1 Å². The van der Waals surface area contributed by atoms with Crippen molar-refractivity contribution in [3.8, 4) is 33.8 Å². The second-order valence-corrected chi connectivity index (χ2v) is 21.8. The van der Waals surface area contributed by atoms with Gasteiger partial charge in [-0.2, -0.15) is 0 Å². The van der Waals surface area contributed by atoms with Gasteiger partial charge < -0.3 is 9.47 Å². The molecule has 0 bridgehead atoms. The molecule has 6 unspecified atom stereocenters. The molecule has 0 spiro atoms. The Bertz CT molecular complexity index is 1480. The van der Waals surface area contributed by atoms with E-state index in [-0.39, 0.29) is 7.30 Å². The van der Waals surface area contributed by atoms with Crippen molar-refractivity contribution in [3.63, 3.8) is 0 Å². The maximum absolute atomic E-state index is 6.20. The molecule has 1 fully saturated rings. The summed E-state index contributed by atoms with van der Waals surface area (Å²) in [7, 11) is 9.15. The van der Waals surface area contributed by atoms with Crippen LogP contribution in [-0.4, -0.2) is 13.2 Å². The summed E-state index contributed by atoms with van der Waals surface area (Å²) in [6.45, 7) is 6.45. The Labute approximate surface area is 300 Å². The molecule has 1 aliphatic rings. The largest absolute Gasteiger partial charge is 0.494 e. The second kappa shape index (κ2) is 19.9. The van der Waals surface area contributed by atoms with Crippen molar-refractivity contribution in [1.29, 1.82) is 0 Å². The standard InChI is InChI=1S/C41H55O2P5/c1-3-33(27-29-43-39-20-10-34(11-21-39)36-14-22-40(47-44)23-15-36)30(2)4-5-31-6-8-32(9-7-31)26-28-42-38-18-12-35(13-19-38)37-16-24-41(25-17-37)48(45)46/h10-25,30-33,47H,3-9,26-29,44-46H2,1-2H3. The van der Waals surface area contributed by atoms with E-state index in [0.29, 0.717) is 0 Å². The molecular weight excluding hydrogens is 679 g/mol. The molecule has 4 aromatic carbocycles. The predicted molar refractivity (Wildman–Crippen MR) is 225 cm³/mol. The normalized spacial score (nSPS) is 17.9. The monoisotopic (exact) mass is 734 g/mol. The van der Waals surface area contributed by atoms with E-state index in [1.165, 1.54) is 84.2 Å². The number of hydrogen-bond donors (Lipinski definition) is 0. The molecule has 1 saturated carbocycles. The summed E-state index contributed by atoms with van der Waals surface area (Å²) in [6.07, 6.45) is 11.8. The fourth-order valence-electron chi connectivity index (χ4n) is 7.18. The van der Waals surface area contributed by atoms with Crippen LogP contribution in [0.25, 0.3) is 22.3 Å². The molecular formula is C41H55O2P5. The first-order chi connectivity index (χ1) is 23.4. The van der Waals surface area contributed by atoms with Crippen LogP contribution in [0.2, 0.25) is 0 Å². The lowest BCUT2D eigenvalue weighted by molar-refractivity contribution is 0.191. The topological polar surface area (TPSA) is 18.5 Å². The minimum Gasteiger partial charge on any atom is -0.494 e. The van der Waals surface area contributed by atoms with Gasteiger partial charge in [-0.25, -0.2) is 0 Å². The van der Waals surface area contributed by atoms with Crippen LogP contribution in [0, 0.1) is 23.7 Å². The van der Waals surface area contributed by atoms with Crippen LogP contribution >= 0.6 is 42.4 Å². The van der Waals surface area contributed by atoms with Crippen LogP contribution < -0.4 is 20.1 Å². The van der Waals surface area contributed by atoms with Crippen LogP contribution in [-0.2, 0) is 0 Å². The minimum atomic E-state index is -0.211. The molecule has 4 aromatic rings. The van der Waals surface area contributed by atoms with Crippen LogP contribution in [0.4, 0.5) is 0 Å². The van der Waals surface area contributed by atoms with Crippen LogP contribution in [0.1, 0.15) is 71.6 Å². The van der Waals surface area contributed by atoms with E-state index >= 15 is 0 Å². The zero-order chi connectivity index (χ0) is 33.7. The predicted octanol–water partition coefficient (Wildman–Crippen LogP) is 12.3. The summed E-state index contributed by atoms with van der Waals surface area (Å²) < 4.78 is 12.4. The maximum Gasteiger partial charge on any atom is 0.119 e. The van der Waals surface area contributed by atoms with Crippen molar-refractivity contribution < 1.29 is 9.47 Å². The molecule has 256 valence electrons. The quantitative estimate of drug-likeness (QED) is 0.101. The zero-order valence-corrected chi connectivity index (χ0v) is 34.2. The van der Waals surface area contributed by atoms with E-state index in [1.807, 2.05) is 0 Å². The highest BCUT2D eigenvalue weighted by Crippen LogP contribution is 2.51. The lowest BCUT2D eigenvalue weighted by Crippen LogP contribution is -2.19. The van der Waals surface area contributed by atoms with Crippen molar-refractivity contribution in [1.82, 2.24) is 0 Å². The van der Waals surface area contributed by atoms with Gasteiger partial charge in [-0.15, -0.1) is 26.8 Å². The molecule has 2 nitrogen and oxygen atoms in total. The van der Waals surface area contributed by atoms with Gasteiger partial charge in [0.2, 0.25) is 0 Å². The molecule has 0 saturated heterocycles. The lowest BCUT2D eigenvalue weighted by atomic mass is 9.76. The van der Waals surface area contributed by atoms with Gasteiger partial charge in [-0.05, 0) is 101 Å². The molecule has 1 aliphatic carbocycles. The van der Waals surface area contributed by atoms with Gasteiger partial charge in [0.15, 0.2) is 0 Å². The first kappa shape index (κ1) is 37.9. The summed E-state index contributed by atoms with van der Waals surface area (Å²) >= 11 is 0. The number of rotatable bonds is 17. The third kappa shape index (κ3) is 11.6. The van der Waals surface area contributed by atoms with Crippen LogP contribution in [0.3, 0.4) is 0 Å². The third-order valence-corrected chi connectivity index (χ3v) is 14.8. The Hall–Kier alpha value is -1.37. The number of benzene rings is 4. The molecule has 0 N–H and O–H groups in total. The molecule has 0 radical (unpaired) electrons. The van der Waals surface area contributed by atoms with Gasteiger partial charge in [-0.3, -0.25) is 0 Å². The highest BCUT2D eigenvalue weighted by molar-refractivity contribution is 8.46. The molecule has 0 heterocycles. The lowest BCUT2D eigenvalue weighted by Gasteiger charge is -2.30. The summed E-state index contributed by atoms with van der Waals surface area (Å²) in [5.74, 6) is 5.15. The SMILES string of the molecule is CCC(CCOc1ccc(-c2ccc(PP)cc2)cc1)C(C)CCC1CCC(CCOc2ccc(-c3ccc(P(P)P)cc3)cc2)CC1. The van der Waals surface area contributed by atoms with E-state index < -0.39 is 0 Å². The third-order valence-electron chi connectivity index (χ3n) is 10.5. The Morgan fingerprint density at radius 3 is 1.58 bits per heavy atom. The van der Waals surface area contributed by atoms with Crippen molar-refractivity contribution in [2.75, 3.05) is 13.2 Å². The highest BCUT2D eigenvalue weighted by Gasteiger charge is 2.23. The average Bonchev–Trinajstić information content (AvgIpc) is 3.13. The van der Waals surface area contributed by atoms with Gasteiger partial charge in [0.25, 0.3) is 0 Å². The molecule has 48 heavy (non-hydrogen) atoms. The highest BCUT2D eigenvalue weighted by atomic mass is 32.4. The van der Waals surface area contributed by atoms with Gasteiger partial charge in [0, 0.05) is 0 Å². The zero-order valence-electron chi connectivity index (χ0n) is 28.8. The van der Waals surface area contributed by atoms with Crippen molar-refractivity contribution in [2.45, 2.75) is 71.6 Å². The van der Waals surface area contributed by atoms with Gasteiger partial charge in [0.1, 0.15) is 11.5 Å². The van der Waals surface area contributed by atoms with E-state index in [4.69, 9.17) is 9.47 Å². The minimum absolute atomic E-state index is 0.211. The number of hydrogen-bond acceptors (Lipinski definition) is 2. The van der Waals surface area contributed by atoms with E-state index in [9.17, 15) is 0 Å². The summed E-state index contributed by atoms with van der Waals surface area (Å²) in [5.41, 5.74) is 5.00. The summed E-state index contributed by atoms with van der Waals surface area (Å²) in [4.78, 5) is 0. The Morgan fingerprint density at radius 1 is 0.646 bits per heavy atom. The van der Waals surface area contributed by atoms with Crippen LogP contribution in [0.15, 0.2) is 97.1 Å². The van der Waals surface area contributed by atoms with Crippen molar-refractivity contribution >= 4 is 53.0 Å². The van der Waals surface area contributed by atoms with Crippen LogP contribution in [0.5, 0.6) is 11.5 Å². The Balaban J connectivity index is 0.948. The number of ether oxygens (including phenoxy) is 2. The average molecular weight is 735 g/mol. The van der Waals surface area contributed by atoms with E-state index in [2.05, 4.69) is 138 Å². The molecule has 6 atom stereocenters. The fourth-order valence-corrected chi connectivity index (χ4v) is 9.64. The Morgan fingerprint density at radius 2 is 1.10 bits per heavy atom. The maximum atomic E-state index is 6.20. The molecule has 0 amide bonds. The summed E-state index contributed by atoms with van der Waals surface area (Å²) in [6, 6.07) is 35.0. The van der Waals surface area contributed by atoms with Crippen molar-refractivity contribution in [3.05, 3.63) is 97.1 Å². The fraction of sp³-hybridized carbons (Fsp3) is 0.415. The van der Waals surface area contributed by atoms with Gasteiger partial charge in [0.05, 0.1) is 13.2 Å². The van der Waals surface area contributed by atoms with Crippen molar-refractivity contribution in [2.24, 2.45) is 23.7 Å². The molecule has 0 aliphatic heterocycles. The van der Waals surface area contributed by atoms with Gasteiger partial charge in [-0.1, -0.05) is 140 Å². The Kier molecular flexibility index (Phi) is 15.7. The first-order valence-corrected chi connectivity index (χ1v) is 25.2. The molecule has 7 heteroatoms. The van der Waals surface area contributed by atoms with E-state index in [1.54, 1.807) is 0 Å². The first-order valence-electron chi connectivity index (χ1n) is 17.8. The second-order valence-electron chi connectivity index (χ2n) is 13.6.